The van der Waals surface area contributed by atoms with Crippen LogP contribution in [0.1, 0.15) is 37.4 Å². The van der Waals surface area contributed by atoms with E-state index in [0.29, 0.717) is 12.3 Å². The molecule has 0 aliphatic carbocycles. The van der Waals surface area contributed by atoms with Crippen LogP contribution in [0.5, 0.6) is 0 Å². The number of hydrogen-bond acceptors (Lipinski definition) is 3. The second-order valence-corrected chi connectivity index (χ2v) is 5.27. The molecule has 3 atom stereocenters. The number of aromatic nitrogens is 1. The minimum atomic E-state index is -0.261. The first-order valence-corrected chi connectivity index (χ1v) is 6.67. The van der Waals surface area contributed by atoms with E-state index in [-0.39, 0.29) is 23.3 Å². The summed E-state index contributed by atoms with van der Waals surface area (Å²) in [5.74, 6) is 0.819. The number of carbonyl (C=O) groups is 1. The molecule has 1 aromatic heterocycles. The fraction of sp³-hybridized carbons (Fsp3) is 0.571. The highest BCUT2D eigenvalue weighted by Gasteiger charge is 2.40. The van der Waals surface area contributed by atoms with Gasteiger partial charge in [-0.25, -0.2) is 0 Å². The zero-order chi connectivity index (χ0) is 12.7. The van der Waals surface area contributed by atoms with Crippen LogP contribution in [-0.2, 0) is 4.79 Å². The molecular weight excluding hydrogens is 228 g/mol. The SMILES string of the molecule is CCC(=O)[C@@H]1[C@@H]2CNC[C@@H](C2)c2cccc(=O)n21. The number of nitrogens with one attached hydrogen (secondary N) is 1. The van der Waals surface area contributed by atoms with Crippen LogP contribution in [0.15, 0.2) is 23.0 Å². The molecule has 1 fully saturated rings. The Morgan fingerprint density at radius 2 is 2.28 bits per heavy atom. The monoisotopic (exact) mass is 246 g/mol. The van der Waals surface area contributed by atoms with Crippen LogP contribution in [0.2, 0.25) is 0 Å². The molecule has 0 spiro atoms. The van der Waals surface area contributed by atoms with E-state index >= 15 is 0 Å². The van der Waals surface area contributed by atoms with E-state index in [9.17, 15) is 9.59 Å². The van der Waals surface area contributed by atoms with Crippen LogP contribution in [0.4, 0.5) is 0 Å². The van der Waals surface area contributed by atoms with Crippen molar-refractivity contribution < 1.29 is 4.79 Å². The Balaban J connectivity index is 2.18. The van der Waals surface area contributed by atoms with Crippen molar-refractivity contribution in [2.75, 3.05) is 13.1 Å². The Labute approximate surface area is 106 Å². The van der Waals surface area contributed by atoms with Crippen LogP contribution in [-0.4, -0.2) is 23.4 Å². The number of rotatable bonds is 2. The highest BCUT2D eigenvalue weighted by atomic mass is 16.1. The Hall–Kier alpha value is -1.42. The summed E-state index contributed by atoms with van der Waals surface area (Å²) in [7, 11) is 0. The smallest absolute Gasteiger partial charge is 0.251 e. The van der Waals surface area contributed by atoms with Crippen molar-refractivity contribution in [1.29, 1.82) is 0 Å². The van der Waals surface area contributed by atoms with Crippen LogP contribution in [0.25, 0.3) is 0 Å². The van der Waals surface area contributed by atoms with Gasteiger partial charge in [-0.2, -0.15) is 0 Å². The molecule has 0 aromatic carbocycles. The summed E-state index contributed by atoms with van der Waals surface area (Å²) in [4.78, 5) is 24.3. The third-order valence-electron chi connectivity index (χ3n) is 4.23. The molecule has 1 aromatic rings. The molecule has 3 rings (SSSR count). The van der Waals surface area contributed by atoms with Crippen molar-refractivity contribution in [3.05, 3.63) is 34.2 Å². The van der Waals surface area contributed by atoms with Gasteiger partial charge in [0.15, 0.2) is 5.78 Å². The molecule has 1 saturated heterocycles. The Bertz CT molecular complexity index is 535. The summed E-state index contributed by atoms with van der Waals surface area (Å²) in [6.07, 6.45) is 1.51. The van der Waals surface area contributed by atoms with E-state index in [1.807, 2.05) is 13.0 Å². The van der Waals surface area contributed by atoms with Crippen molar-refractivity contribution >= 4 is 5.78 Å². The first kappa shape index (κ1) is 11.7. The molecule has 2 aliphatic rings. The van der Waals surface area contributed by atoms with Gasteiger partial charge < -0.3 is 9.88 Å². The average molecular weight is 246 g/mol. The topological polar surface area (TPSA) is 51.1 Å². The fourth-order valence-electron chi connectivity index (χ4n) is 3.42. The zero-order valence-corrected chi connectivity index (χ0v) is 10.6. The molecule has 0 amide bonds. The lowest BCUT2D eigenvalue weighted by atomic mass is 9.77. The Morgan fingerprint density at radius 3 is 3.06 bits per heavy atom. The standard InChI is InChI=1S/C14H18N2O2/c1-2-12(17)14-10-6-9(7-15-8-10)11-4-3-5-13(18)16(11)14/h3-5,9-10,14-15H,2,6-8H2,1H3/t9-,10+,14+/m1/s1. The maximum atomic E-state index is 12.2. The van der Waals surface area contributed by atoms with Gasteiger partial charge in [0.2, 0.25) is 0 Å². The largest absolute Gasteiger partial charge is 0.316 e. The predicted octanol–water partition coefficient (Wildman–Crippen LogP) is 1.08. The maximum Gasteiger partial charge on any atom is 0.251 e. The molecule has 0 unspecified atom stereocenters. The van der Waals surface area contributed by atoms with Crippen molar-refractivity contribution in [1.82, 2.24) is 9.88 Å². The first-order valence-electron chi connectivity index (χ1n) is 6.67. The summed E-state index contributed by atoms with van der Waals surface area (Å²) < 4.78 is 1.76. The lowest BCUT2D eigenvalue weighted by Crippen LogP contribution is -2.49. The molecule has 1 N–H and O–H groups in total. The molecule has 0 saturated carbocycles. The van der Waals surface area contributed by atoms with Gasteiger partial charge in [0, 0.05) is 37.2 Å². The fourth-order valence-corrected chi connectivity index (χ4v) is 3.42. The van der Waals surface area contributed by atoms with Crippen molar-refractivity contribution in [2.45, 2.75) is 31.7 Å². The van der Waals surface area contributed by atoms with Crippen molar-refractivity contribution in [3.8, 4) is 0 Å². The molecule has 2 bridgehead atoms. The second-order valence-electron chi connectivity index (χ2n) is 5.27. The van der Waals surface area contributed by atoms with Gasteiger partial charge in [0.05, 0.1) is 6.04 Å². The van der Waals surface area contributed by atoms with E-state index < -0.39 is 0 Å². The lowest BCUT2D eigenvalue weighted by molar-refractivity contribution is -0.124. The molecule has 3 heterocycles. The summed E-state index contributed by atoms with van der Waals surface area (Å²) in [6.45, 7) is 3.62. The second kappa shape index (κ2) is 4.35. The van der Waals surface area contributed by atoms with Crippen LogP contribution in [0.3, 0.4) is 0 Å². The zero-order valence-electron chi connectivity index (χ0n) is 10.6. The number of Topliss-reactive ketones (excluding diaryl/α,β-unsaturated/α-hetero) is 1. The van der Waals surface area contributed by atoms with Crippen molar-refractivity contribution in [2.24, 2.45) is 5.92 Å². The third-order valence-corrected chi connectivity index (χ3v) is 4.23. The van der Waals surface area contributed by atoms with E-state index in [1.165, 1.54) is 0 Å². The number of piperidine rings is 1. The van der Waals surface area contributed by atoms with Gasteiger partial charge in [0.1, 0.15) is 0 Å². The molecule has 2 aliphatic heterocycles. The number of pyridine rings is 1. The predicted molar refractivity (Wildman–Crippen MR) is 68.8 cm³/mol. The van der Waals surface area contributed by atoms with Gasteiger partial charge >= 0.3 is 0 Å². The molecule has 4 heteroatoms. The van der Waals surface area contributed by atoms with E-state index in [0.717, 1.165) is 25.2 Å². The maximum absolute atomic E-state index is 12.2. The van der Waals surface area contributed by atoms with Crippen LogP contribution in [0, 0.1) is 5.92 Å². The van der Waals surface area contributed by atoms with Crippen LogP contribution < -0.4 is 10.9 Å². The summed E-state index contributed by atoms with van der Waals surface area (Å²) in [6, 6.07) is 5.10. The van der Waals surface area contributed by atoms with E-state index in [1.54, 1.807) is 16.7 Å². The third kappa shape index (κ3) is 1.63. The number of ketones is 1. The minimum Gasteiger partial charge on any atom is -0.316 e. The summed E-state index contributed by atoms with van der Waals surface area (Å²) >= 11 is 0. The normalized spacial score (nSPS) is 29.7. The van der Waals surface area contributed by atoms with E-state index in [4.69, 9.17) is 0 Å². The first-order chi connectivity index (χ1) is 8.72. The van der Waals surface area contributed by atoms with Gasteiger partial charge in [-0.1, -0.05) is 13.0 Å². The molecule has 4 nitrogen and oxygen atoms in total. The van der Waals surface area contributed by atoms with Gasteiger partial charge in [-0.15, -0.1) is 0 Å². The highest BCUT2D eigenvalue weighted by molar-refractivity contribution is 5.83. The minimum absolute atomic E-state index is 0.0316. The Morgan fingerprint density at radius 1 is 1.44 bits per heavy atom. The number of hydrogen-bond donors (Lipinski definition) is 1. The van der Waals surface area contributed by atoms with Crippen molar-refractivity contribution in [3.63, 3.8) is 0 Å². The van der Waals surface area contributed by atoms with Gasteiger partial charge in [-0.3, -0.25) is 9.59 Å². The summed E-state index contributed by atoms with van der Waals surface area (Å²) in [5.41, 5.74) is 0.994. The highest BCUT2D eigenvalue weighted by Crippen LogP contribution is 2.39. The molecule has 96 valence electrons. The number of fused-ring (bicyclic) bond motifs is 4. The van der Waals surface area contributed by atoms with Gasteiger partial charge in [0.25, 0.3) is 5.56 Å². The Kier molecular flexibility index (Phi) is 2.82. The average Bonchev–Trinajstić information content (AvgIpc) is 2.40. The molecule has 0 radical (unpaired) electrons. The van der Waals surface area contributed by atoms with Gasteiger partial charge in [-0.05, 0) is 18.4 Å². The van der Waals surface area contributed by atoms with Crippen LogP contribution >= 0.6 is 0 Å². The number of carbonyl (C=O) groups excluding carboxylic acids is 1. The van der Waals surface area contributed by atoms with E-state index in [2.05, 4.69) is 5.32 Å². The lowest BCUT2D eigenvalue weighted by Gasteiger charge is -2.42. The molecular formula is C14H18N2O2. The molecule has 18 heavy (non-hydrogen) atoms. The summed E-state index contributed by atoms with van der Waals surface area (Å²) in [5, 5.41) is 3.39. The number of nitrogens with zero attached hydrogens (tertiary/aromatic N) is 1. The quantitative estimate of drug-likeness (QED) is 0.849.